The Hall–Kier alpha value is -1.83. The van der Waals surface area contributed by atoms with Gasteiger partial charge < -0.3 is 4.74 Å². The first-order valence-electron chi connectivity index (χ1n) is 6.75. The summed E-state index contributed by atoms with van der Waals surface area (Å²) in [5, 5.41) is 9.55. The van der Waals surface area contributed by atoms with Gasteiger partial charge in [-0.3, -0.25) is 4.21 Å². The lowest BCUT2D eigenvalue weighted by Gasteiger charge is -2.14. The molecule has 0 saturated carbocycles. The van der Waals surface area contributed by atoms with Crippen LogP contribution in [-0.2, 0) is 16.6 Å². The fourth-order valence-corrected chi connectivity index (χ4v) is 3.78. The van der Waals surface area contributed by atoms with Crippen LogP contribution in [0.3, 0.4) is 0 Å². The van der Waals surface area contributed by atoms with Gasteiger partial charge in [-0.15, -0.1) is 0 Å². The highest BCUT2D eigenvalue weighted by molar-refractivity contribution is 7.84. The minimum atomic E-state index is -1.13. The Morgan fingerprint density at radius 3 is 2.68 bits per heavy atom. The van der Waals surface area contributed by atoms with Gasteiger partial charge >= 0.3 is 0 Å². The zero-order chi connectivity index (χ0) is 16.1. The molecule has 2 atom stereocenters. The molecule has 0 spiro atoms. The number of ether oxygens (including phenoxy) is 1. The molecule has 0 aliphatic heterocycles. The van der Waals surface area contributed by atoms with Gasteiger partial charge in [-0.05, 0) is 36.2 Å². The van der Waals surface area contributed by atoms with E-state index in [-0.39, 0.29) is 5.25 Å². The Balaban J connectivity index is 2.19. The van der Waals surface area contributed by atoms with Gasteiger partial charge in [0.05, 0.1) is 17.9 Å². The average molecular weight is 334 g/mol. The fourth-order valence-electron chi connectivity index (χ4n) is 2.17. The number of hydrogen-bond acceptors (Lipinski definition) is 3. The molecule has 0 fully saturated rings. The van der Waals surface area contributed by atoms with Crippen LogP contribution in [0.25, 0.3) is 0 Å². The van der Waals surface area contributed by atoms with E-state index in [1.165, 1.54) is 7.11 Å². The minimum absolute atomic E-state index is 0.179. The second kappa shape index (κ2) is 7.44. The first kappa shape index (κ1) is 16.5. The summed E-state index contributed by atoms with van der Waals surface area (Å²) in [5.74, 6) is 0.890. The van der Waals surface area contributed by atoms with E-state index in [1.54, 1.807) is 18.2 Å². The summed E-state index contributed by atoms with van der Waals surface area (Å²) in [6, 6.07) is 14.8. The smallest absolute Gasteiger partial charge is 0.136 e. The van der Waals surface area contributed by atoms with E-state index < -0.39 is 10.8 Å². The summed E-state index contributed by atoms with van der Waals surface area (Å²) >= 11 is 6.16. The summed E-state index contributed by atoms with van der Waals surface area (Å²) < 4.78 is 17.7. The van der Waals surface area contributed by atoms with Gasteiger partial charge in [0.1, 0.15) is 11.8 Å². The third-order valence-corrected chi connectivity index (χ3v) is 5.44. The quantitative estimate of drug-likeness (QED) is 0.822. The van der Waals surface area contributed by atoms with Crippen molar-refractivity contribution in [1.29, 1.82) is 5.26 Å². The van der Waals surface area contributed by atoms with Crippen molar-refractivity contribution in [2.24, 2.45) is 0 Å². The Morgan fingerprint density at radius 1 is 1.32 bits per heavy atom. The van der Waals surface area contributed by atoms with E-state index in [0.29, 0.717) is 22.1 Å². The van der Waals surface area contributed by atoms with Gasteiger partial charge in [0.2, 0.25) is 0 Å². The molecule has 2 unspecified atom stereocenters. The number of hydrogen-bond donors (Lipinski definition) is 0. The van der Waals surface area contributed by atoms with Crippen molar-refractivity contribution in [3.63, 3.8) is 0 Å². The maximum Gasteiger partial charge on any atom is 0.136 e. The van der Waals surface area contributed by atoms with E-state index in [0.717, 1.165) is 11.1 Å². The lowest BCUT2D eigenvalue weighted by atomic mass is 10.1. The molecular weight excluding hydrogens is 318 g/mol. The van der Waals surface area contributed by atoms with Gasteiger partial charge in [0, 0.05) is 21.6 Å². The van der Waals surface area contributed by atoms with E-state index in [4.69, 9.17) is 21.6 Å². The highest BCUT2D eigenvalue weighted by atomic mass is 35.5. The largest absolute Gasteiger partial charge is 0.495 e. The van der Waals surface area contributed by atoms with Gasteiger partial charge in [-0.25, -0.2) is 0 Å². The monoisotopic (exact) mass is 333 g/mol. The zero-order valence-corrected chi connectivity index (χ0v) is 13.9. The van der Waals surface area contributed by atoms with Crippen molar-refractivity contribution >= 4 is 22.4 Å². The number of benzene rings is 2. The predicted molar refractivity (Wildman–Crippen MR) is 89.4 cm³/mol. The normalized spacial score (nSPS) is 13.2. The predicted octanol–water partition coefficient (Wildman–Crippen LogP) is 4.23. The first-order chi connectivity index (χ1) is 10.6. The van der Waals surface area contributed by atoms with Crippen molar-refractivity contribution in [3.8, 4) is 11.8 Å². The van der Waals surface area contributed by atoms with Crippen LogP contribution in [0.1, 0.15) is 28.9 Å². The van der Waals surface area contributed by atoms with Gasteiger partial charge in [0.15, 0.2) is 0 Å². The molecule has 22 heavy (non-hydrogen) atoms. The Labute approximate surface area is 137 Å². The van der Waals surface area contributed by atoms with Crippen LogP contribution in [-0.4, -0.2) is 11.3 Å². The molecule has 0 saturated heterocycles. The lowest BCUT2D eigenvalue weighted by Crippen LogP contribution is -2.06. The van der Waals surface area contributed by atoms with Gasteiger partial charge in [-0.2, -0.15) is 5.26 Å². The zero-order valence-electron chi connectivity index (χ0n) is 12.4. The Kier molecular flexibility index (Phi) is 5.59. The van der Waals surface area contributed by atoms with Crippen LogP contribution < -0.4 is 4.74 Å². The summed E-state index contributed by atoms with van der Waals surface area (Å²) in [4.78, 5) is 0. The SMILES string of the molecule is COc1ccc(CS(=O)C(C)c2ccccc2Cl)cc1C#N. The van der Waals surface area contributed by atoms with Crippen molar-refractivity contribution < 1.29 is 8.95 Å². The number of nitrogens with zero attached hydrogens (tertiary/aromatic N) is 1. The van der Waals surface area contributed by atoms with Crippen molar-refractivity contribution in [1.82, 2.24) is 0 Å². The van der Waals surface area contributed by atoms with E-state index >= 15 is 0 Å². The molecular formula is C17H16ClNO2S. The summed E-state index contributed by atoms with van der Waals surface area (Å²) in [5.41, 5.74) is 2.16. The topological polar surface area (TPSA) is 50.1 Å². The maximum absolute atomic E-state index is 12.6. The lowest BCUT2D eigenvalue weighted by molar-refractivity contribution is 0.413. The third kappa shape index (κ3) is 3.68. The van der Waals surface area contributed by atoms with Crippen LogP contribution in [0.5, 0.6) is 5.75 Å². The third-order valence-electron chi connectivity index (χ3n) is 3.43. The summed E-state index contributed by atoms with van der Waals surface area (Å²) in [7, 11) is 0.391. The molecule has 5 heteroatoms. The summed E-state index contributed by atoms with van der Waals surface area (Å²) in [6.07, 6.45) is 0. The molecule has 0 amide bonds. The molecule has 0 radical (unpaired) electrons. The fraction of sp³-hybridized carbons (Fsp3) is 0.235. The molecule has 0 N–H and O–H groups in total. The highest BCUT2D eigenvalue weighted by Gasteiger charge is 2.17. The van der Waals surface area contributed by atoms with Crippen LogP contribution in [0.2, 0.25) is 5.02 Å². The number of nitriles is 1. The minimum Gasteiger partial charge on any atom is -0.495 e. The molecule has 0 aliphatic rings. The van der Waals surface area contributed by atoms with Crippen LogP contribution in [0.4, 0.5) is 0 Å². The van der Waals surface area contributed by atoms with Gasteiger partial charge in [-0.1, -0.05) is 35.9 Å². The maximum atomic E-state index is 12.6. The molecule has 0 heterocycles. The standard InChI is InChI=1S/C17H16ClNO2S/c1-12(15-5-3-4-6-16(15)18)22(20)11-13-7-8-17(21-2)14(9-13)10-19/h3-9,12H,11H2,1-2H3. The number of halogens is 1. The molecule has 2 aromatic carbocycles. The molecule has 0 bridgehead atoms. The van der Waals surface area contributed by atoms with E-state index in [2.05, 4.69) is 6.07 Å². The van der Waals surface area contributed by atoms with Crippen molar-refractivity contribution in [2.45, 2.75) is 17.9 Å². The second-order valence-corrected chi connectivity index (χ2v) is 7.00. The molecule has 114 valence electrons. The van der Waals surface area contributed by atoms with Crippen molar-refractivity contribution in [3.05, 3.63) is 64.2 Å². The molecule has 0 aromatic heterocycles. The van der Waals surface area contributed by atoms with E-state index in [1.807, 2.05) is 31.2 Å². The van der Waals surface area contributed by atoms with Crippen LogP contribution >= 0.6 is 11.6 Å². The molecule has 0 aliphatic carbocycles. The van der Waals surface area contributed by atoms with Crippen LogP contribution in [0.15, 0.2) is 42.5 Å². The average Bonchev–Trinajstić information content (AvgIpc) is 2.54. The summed E-state index contributed by atoms with van der Waals surface area (Å²) in [6.45, 7) is 1.89. The number of methoxy groups -OCH3 is 1. The first-order valence-corrected chi connectivity index (χ1v) is 8.51. The highest BCUT2D eigenvalue weighted by Crippen LogP contribution is 2.29. The molecule has 2 rings (SSSR count). The molecule has 3 nitrogen and oxygen atoms in total. The number of rotatable bonds is 5. The van der Waals surface area contributed by atoms with Gasteiger partial charge in [0.25, 0.3) is 0 Å². The van der Waals surface area contributed by atoms with Crippen molar-refractivity contribution in [2.75, 3.05) is 7.11 Å². The van der Waals surface area contributed by atoms with Crippen LogP contribution in [0, 0.1) is 11.3 Å². The Bertz CT molecular complexity index is 740. The second-order valence-electron chi connectivity index (χ2n) is 4.84. The van der Waals surface area contributed by atoms with E-state index in [9.17, 15) is 4.21 Å². The Morgan fingerprint density at radius 2 is 2.05 bits per heavy atom. The molecule has 2 aromatic rings.